The van der Waals surface area contributed by atoms with Crippen LogP contribution in [0.3, 0.4) is 0 Å². The van der Waals surface area contributed by atoms with E-state index in [1.807, 2.05) is 36.4 Å². The summed E-state index contributed by atoms with van der Waals surface area (Å²) in [6, 6.07) is 20.5. The van der Waals surface area contributed by atoms with Crippen molar-refractivity contribution in [3.05, 3.63) is 72.7 Å². The lowest BCUT2D eigenvalue weighted by Crippen LogP contribution is -1.82. The molecule has 0 radical (unpaired) electrons. The van der Waals surface area contributed by atoms with Crippen molar-refractivity contribution in [3.8, 4) is 22.5 Å². The number of nitrogens with zero attached hydrogens (tertiary/aromatic N) is 1. The fourth-order valence-corrected chi connectivity index (χ4v) is 2.57. The molecule has 1 heterocycles. The number of hydrogen-bond acceptors (Lipinski definition) is 2. The van der Waals surface area contributed by atoms with Crippen molar-refractivity contribution >= 4 is 11.8 Å². The Morgan fingerprint density at radius 2 is 1.50 bits per heavy atom. The van der Waals surface area contributed by atoms with Gasteiger partial charge in [0.2, 0.25) is 0 Å². The summed E-state index contributed by atoms with van der Waals surface area (Å²) in [6.45, 7) is 3.74. The number of nitrogens with one attached hydrogen (secondary N) is 1. The van der Waals surface area contributed by atoms with Crippen molar-refractivity contribution in [2.24, 2.45) is 0 Å². The van der Waals surface area contributed by atoms with E-state index < -0.39 is 0 Å². The SMILES string of the molecule is C=CSc1nc(-c2ccccc2)c(-c2ccccc2)[nH]1. The molecule has 0 aliphatic rings. The summed E-state index contributed by atoms with van der Waals surface area (Å²) in [4.78, 5) is 8.06. The third-order valence-electron chi connectivity index (χ3n) is 2.99. The molecule has 0 fully saturated rings. The Balaban J connectivity index is 2.15. The number of rotatable bonds is 4. The first-order valence-corrected chi connectivity index (χ1v) is 7.25. The van der Waals surface area contributed by atoms with E-state index in [1.165, 1.54) is 11.8 Å². The van der Waals surface area contributed by atoms with Gasteiger partial charge in [-0.25, -0.2) is 4.98 Å². The predicted molar refractivity (Wildman–Crippen MR) is 85.5 cm³/mol. The van der Waals surface area contributed by atoms with Gasteiger partial charge in [0.05, 0.1) is 11.4 Å². The molecule has 0 bridgehead atoms. The smallest absolute Gasteiger partial charge is 0.170 e. The third kappa shape index (κ3) is 2.53. The van der Waals surface area contributed by atoms with Gasteiger partial charge in [-0.2, -0.15) is 0 Å². The van der Waals surface area contributed by atoms with E-state index in [0.29, 0.717) is 0 Å². The molecule has 0 saturated carbocycles. The Kier molecular flexibility index (Phi) is 3.70. The van der Waals surface area contributed by atoms with Crippen LogP contribution in [-0.4, -0.2) is 9.97 Å². The van der Waals surface area contributed by atoms with Gasteiger partial charge in [-0.3, -0.25) is 0 Å². The van der Waals surface area contributed by atoms with Gasteiger partial charge in [-0.05, 0) is 5.41 Å². The first-order valence-electron chi connectivity index (χ1n) is 6.37. The van der Waals surface area contributed by atoms with Gasteiger partial charge in [-0.15, -0.1) is 0 Å². The molecule has 3 rings (SSSR count). The molecule has 0 aliphatic heterocycles. The molecule has 3 heteroatoms. The maximum absolute atomic E-state index is 4.68. The predicted octanol–water partition coefficient (Wildman–Crippen LogP) is 4.98. The van der Waals surface area contributed by atoms with E-state index in [2.05, 4.69) is 40.8 Å². The molecule has 3 aromatic rings. The second kappa shape index (κ2) is 5.80. The number of thioether (sulfide) groups is 1. The summed E-state index contributed by atoms with van der Waals surface area (Å²) in [6.07, 6.45) is 0. The van der Waals surface area contributed by atoms with Crippen molar-refractivity contribution in [2.75, 3.05) is 0 Å². The molecule has 2 nitrogen and oxygen atoms in total. The maximum atomic E-state index is 4.68. The normalized spacial score (nSPS) is 10.4. The average Bonchev–Trinajstić information content (AvgIpc) is 2.93. The van der Waals surface area contributed by atoms with Crippen LogP contribution in [0.25, 0.3) is 22.5 Å². The Bertz CT molecular complexity index is 645. The highest BCUT2D eigenvalue weighted by Gasteiger charge is 2.13. The van der Waals surface area contributed by atoms with Crippen LogP contribution in [-0.2, 0) is 0 Å². The van der Waals surface area contributed by atoms with Crippen molar-refractivity contribution in [3.63, 3.8) is 0 Å². The van der Waals surface area contributed by atoms with Gasteiger partial charge in [0, 0.05) is 11.1 Å². The number of aromatic nitrogens is 2. The van der Waals surface area contributed by atoms with Crippen molar-refractivity contribution < 1.29 is 0 Å². The van der Waals surface area contributed by atoms with E-state index in [4.69, 9.17) is 0 Å². The van der Waals surface area contributed by atoms with Gasteiger partial charge >= 0.3 is 0 Å². The van der Waals surface area contributed by atoms with Crippen LogP contribution in [0.2, 0.25) is 0 Å². The quantitative estimate of drug-likeness (QED) is 0.682. The van der Waals surface area contributed by atoms with Crippen LogP contribution in [0.1, 0.15) is 0 Å². The van der Waals surface area contributed by atoms with Crippen molar-refractivity contribution in [1.29, 1.82) is 0 Å². The number of aromatic amines is 1. The standard InChI is InChI=1S/C17H14N2S/c1-2-20-17-18-15(13-9-5-3-6-10-13)16(19-17)14-11-7-4-8-12-14/h2-12H,1H2,(H,18,19). The second-order valence-electron chi connectivity index (χ2n) is 4.28. The van der Waals surface area contributed by atoms with E-state index in [0.717, 1.165) is 27.7 Å². The van der Waals surface area contributed by atoms with Gasteiger partial charge in [0.15, 0.2) is 5.16 Å². The molecule has 0 unspecified atom stereocenters. The number of benzene rings is 2. The lowest BCUT2D eigenvalue weighted by Gasteiger charge is -2.02. The lowest BCUT2D eigenvalue weighted by atomic mass is 10.1. The Hall–Kier alpha value is -2.26. The van der Waals surface area contributed by atoms with Crippen LogP contribution in [0.15, 0.2) is 77.8 Å². The fraction of sp³-hybridized carbons (Fsp3) is 0. The second-order valence-corrected chi connectivity index (χ2v) is 5.24. The topological polar surface area (TPSA) is 28.7 Å². The third-order valence-corrected chi connectivity index (χ3v) is 3.57. The molecule has 98 valence electrons. The van der Waals surface area contributed by atoms with E-state index >= 15 is 0 Å². The Morgan fingerprint density at radius 3 is 2.10 bits per heavy atom. The highest BCUT2D eigenvalue weighted by Crippen LogP contribution is 2.32. The van der Waals surface area contributed by atoms with Gasteiger partial charge in [0.1, 0.15) is 0 Å². The molecule has 1 aromatic heterocycles. The molecular formula is C17H14N2S. The zero-order valence-corrected chi connectivity index (χ0v) is 11.7. The van der Waals surface area contributed by atoms with Crippen LogP contribution >= 0.6 is 11.8 Å². The molecule has 0 atom stereocenters. The van der Waals surface area contributed by atoms with Crippen LogP contribution in [0.4, 0.5) is 0 Å². The summed E-state index contributed by atoms with van der Waals surface area (Å²) in [7, 11) is 0. The van der Waals surface area contributed by atoms with E-state index in [1.54, 1.807) is 5.41 Å². The zero-order valence-electron chi connectivity index (χ0n) is 10.9. The van der Waals surface area contributed by atoms with E-state index in [-0.39, 0.29) is 0 Å². The lowest BCUT2D eigenvalue weighted by molar-refractivity contribution is 1.07. The maximum Gasteiger partial charge on any atom is 0.170 e. The minimum atomic E-state index is 0.859. The molecule has 2 aromatic carbocycles. The molecule has 20 heavy (non-hydrogen) atoms. The Labute approximate surface area is 122 Å². The van der Waals surface area contributed by atoms with Crippen molar-refractivity contribution in [1.82, 2.24) is 9.97 Å². The average molecular weight is 278 g/mol. The fourth-order valence-electron chi connectivity index (χ4n) is 2.10. The first-order chi connectivity index (χ1) is 9.88. The summed E-state index contributed by atoms with van der Waals surface area (Å²) in [5.74, 6) is 0. The van der Waals surface area contributed by atoms with Crippen molar-refractivity contribution in [2.45, 2.75) is 5.16 Å². The zero-order chi connectivity index (χ0) is 13.8. The van der Waals surface area contributed by atoms with Gasteiger partial charge in [0.25, 0.3) is 0 Å². The summed E-state index contributed by atoms with van der Waals surface area (Å²) in [5, 5.41) is 2.64. The van der Waals surface area contributed by atoms with Gasteiger partial charge in [-0.1, -0.05) is 79.0 Å². The molecule has 0 saturated heterocycles. The molecule has 0 spiro atoms. The highest BCUT2D eigenvalue weighted by atomic mass is 32.2. The summed E-state index contributed by atoms with van der Waals surface area (Å²) >= 11 is 1.50. The van der Waals surface area contributed by atoms with E-state index in [9.17, 15) is 0 Å². The molecular weight excluding hydrogens is 264 g/mol. The molecule has 0 aliphatic carbocycles. The minimum absolute atomic E-state index is 0.859. The van der Waals surface area contributed by atoms with Crippen LogP contribution < -0.4 is 0 Å². The molecule has 1 N–H and O–H groups in total. The number of imidazole rings is 1. The van der Waals surface area contributed by atoms with Crippen LogP contribution in [0, 0.1) is 0 Å². The number of H-pyrrole nitrogens is 1. The monoisotopic (exact) mass is 278 g/mol. The Morgan fingerprint density at radius 1 is 0.900 bits per heavy atom. The summed E-state index contributed by atoms with van der Waals surface area (Å²) < 4.78 is 0. The van der Waals surface area contributed by atoms with Gasteiger partial charge < -0.3 is 4.98 Å². The molecule has 0 amide bonds. The largest absolute Gasteiger partial charge is 0.332 e. The number of hydrogen-bond donors (Lipinski definition) is 1. The minimum Gasteiger partial charge on any atom is -0.332 e. The highest BCUT2D eigenvalue weighted by molar-refractivity contribution is 8.02. The summed E-state index contributed by atoms with van der Waals surface area (Å²) in [5.41, 5.74) is 4.26. The van der Waals surface area contributed by atoms with Crippen LogP contribution in [0.5, 0.6) is 0 Å². The first kappa shape index (κ1) is 12.8.